The number of hydrogen-bond donors (Lipinski definition) is 1. The Bertz CT molecular complexity index is 797. The molecule has 0 aliphatic heterocycles. The van der Waals surface area contributed by atoms with Crippen LogP contribution >= 0.6 is 0 Å². The highest BCUT2D eigenvalue weighted by Gasteiger charge is 2.23. The molecular weight excluding hydrogens is 288 g/mol. The lowest BCUT2D eigenvalue weighted by molar-refractivity contribution is 0.594. The quantitative estimate of drug-likeness (QED) is 0.931. The monoisotopic (exact) mass is 302 g/mol. The minimum atomic E-state index is -3.75. The second-order valence-electron chi connectivity index (χ2n) is 4.23. The summed E-state index contributed by atoms with van der Waals surface area (Å²) in [6, 6.07) is 11.4. The number of pyridine rings is 1. The molecule has 0 bridgehead atoms. The van der Waals surface area contributed by atoms with Crippen LogP contribution in [0.5, 0.6) is 0 Å². The third kappa shape index (κ3) is 2.80. The van der Waals surface area contributed by atoms with Crippen LogP contribution in [0, 0.1) is 11.3 Å². The first kappa shape index (κ1) is 14.8. The van der Waals surface area contributed by atoms with Gasteiger partial charge in [0.2, 0.25) is 0 Å². The molecule has 0 unspecified atom stereocenters. The number of para-hydroxylation sites is 1. The molecule has 0 radical (unpaired) electrons. The Hall–Kier alpha value is -2.59. The molecule has 108 valence electrons. The van der Waals surface area contributed by atoms with Gasteiger partial charge < -0.3 is 5.32 Å². The van der Waals surface area contributed by atoms with Crippen molar-refractivity contribution in [2.75, 3.05) is 23.7 Å². The summed E-state index contributed by atoms with van der Waals surface area (Å²) in [4.78, 5) is 4.10. The standard InChI is InChI=1S/C14H14N4O2S/c1-16-14-9-12(7-8-17-14)21(19,20)18(2)13-6-4-3-5-11(13)10-15/h3-9H,1-2H3,(H,16,17). The van der Waals surface area contributed by atoms with Gasteiger partial charge in [-0.1, -0.05) is 12.1 Å². The second kappa shape index (κ2) is 5.81. The predicted octanol–water partition coefficient (Wildman–Crippen LogP) is 1.82. The van der Waals surface area contributed by atoms with E-state index in [4.69, 9.17) is 5.26 Å². The summed E-state index contributed by atoms with van der Waals surface area (Å²) in [7, 11) is -0.673. The summed E-state index contributed by atoms with van der Waals surface area (Å²) in [5.74, 6) is 0.457. The van der Waals surface area contributed by atoms with Crippen LogP contribution in [-0.4, -0.2) is 27.5 Å². The average Bonchev–Trinajstić information content (AvgIpc) is 2.54. The Morgan fingerprint density at radius 2 is 2.00 bits per heavy atom. The Morgan fingerprint density at radius 1 is 1.29 bits per heavy atom. The molecule has 2 aromatic rings. The first-order chi connectivity index (χ1) is 10.0. The van der Waals surface area contributed by atoms with Gasteiger partial charge in [-0.2, -0.15) is 5.26 Å². The topological polar surface area (TPSA) is 86.1 Å². The molecule has 0 saturated carbocycles. The summed E-state index contributed by atoms with van der Waals surface area (Å²) < 4.78 is 26.4. The van der Waals surface area contributed by atoms with Crippen molar-refractivity contribution >= 4 is 21.5 Å². The first-order valence-corrected chi connectivity index (χ1v) is 7.56. The SMILES string of the molecule is CNc1cc(S(=O)(=O)N(C)c2ccccc2C#N)ccn1. The van der Waals surface area contributed by atoms with Crippen LogP contribution in [0.4, 0.5) is 11.5 Å². The van der Waals surface area contributed by atoms with E-state index in [0.717, 1.165) is 4.31 Å². The van der Waals surface area contributed by atoms with E-state index in [0.29, 0.717) is 17.1 Å². The number of rotatable bonds is 4. The Morgan fingerprint density at radius 3 is 2.67 bits per heavy atom. The van der Waals surface area contributed by atoms with Crippen molar-refractivity contribution < 1.29 is 8.42 Å². The molecule has 1 aromatic carbocycles. The largest absolute Gasteiger partial charge is 0.373 e. The zero-order valence-corrected chi connectivity index (χ0v) is 12.4. The van der Waals surface area contributed by atoms with Crippen molar-refractivity contribution in [2.24, 2.45) is 0 Å². The molecule has 0 aliphatic rings. The van der Waals surface area contributed by atoms with Crippen molar-refractivity contribution in [3.8, 4) is 6.07 Å². The predicted molar refractivity (Wildman–Crippen MR) is 80.5 cm³/mol. The smallest absolute Gasteiger partial charge is 0.264 e. The number of nitrogens with zero attached hydrogens (tertiary/aromatic N) is 3. The average molecular weight is 302 g/mol. The summed E-state index contributed by atoms with van der Waals surface area (Å²) in [5.41, 5.74) is 0.634. The number of sulfonamides is 1. The summed E-state index contributed by atoms with van der Waals surface area (Å²) in [6.45, 7) is 0. The zero-order valence-electron chi connectivity index (χ0n) is 11.6. The molecule has 1 heterocycles. The summed E-state index contributed by atoms with van der Waals surface area (Å²) in [6.07, 6.45) is 1.42. The van der Waals surface area contributed by atoms with E-state index in [1.54, 1.807) is 31.3 Å². The van der Waals surface area contributed by atoms with Gasteiger partial charge in [-0.05, 0) is 18.2 Å². The van der Waals surface area contributed by atoms with E-state index >= 15 is 0 Å². The van der Waals surface area contributed by atoms with Crippen LogP contribution in [0.3, 0.4) is 0 Å². The Kier molecular flexibility index (Phi) is 4.10. The van der Waals surface area contributed by atoms with Gasteiger partial charge in [0.05, 0.1) is 16.1 Å². The van der Waals surface area contributed by atoms with Gasteiger partial charge in [0.1, 0.15) is 11.9 Å². The maximum atomic E-state index is 12.6. The molecule has 0 fully saturated rings. The van der Waals surface area contributed by atoms with E-state index in [-0.39, 0.29) is 4.90 Å². The molecular formula is C14H14N4O2S. The molecule has 6 nitrogen and oxygen atoms in total. The van der Waals surface area contributed by atoms with Crippen LogP contribution in [0.25, 0.3) is 0 Å². The van der Waals surface area contributed by atoms with Gasteiger partial charge in [0.25, 0.3) is 10.0 Å². The van der Waals surface area contributed by atoms with Crippen molar-refractivity contribution in [3.63, 3.8) is 0 Å². The normalized spacial score (nSPS) is 10.7. The van der Waals surface area contributed by atoms with Gasteiger partial charge >= 0.3 is 0 Å². The molecule has 0 saturated heterocycles. The molecule has 21 heavy (non-hydrogen) atoms. The molecule has 0 aliphatic carbocycles. The number of hydrogen-bond acceptors (Lipinski definition) is 5. The van der Waals surface area contributed by atoms with Crippen molar-refractivity contribution in [1.82, 2.24) is 4.98 Å². The third-order valence-corrected chi connectivity index (χ3v) is 4.78. The van der Waals surface area contributed by atoms with E-state index in [1.165, 1.54) is 25.4 Å². The highest BCUT2D eigenvalue weighted by molar-refractivity contribution is 7.92. The molecule has 2 rings (SSSR count). The molecule has 1 N–H and O–H groups in total. The lowest BCUT2D eigenvalue weighted by Gasteiger charge is -2.20. The van der Waals surface area contributed by atoms with E-state index < -0.39 is 10.0 Å². The van der Waals surface area contributed by atoms with E-state index in [1.807, 2.05) is 6.07 Å². The molecule has 1 aromatic heterocycles. The van der Waals surface area contributed by atoms with Gasteiger partial charge in [-0.3, -0.25) is 4.31 Å². The second-order valence-corrected chi connectivity index (χ2v) is 6.20. The summed E-state index contributed by atoms with van der Waals surface area (Å²) in [5, 5.41) is 11.9. The van der Waals surface area contributed by atoms with Crippen molar-refractivity contribution in [2.45, 2.75) is 4.90 Å². The minimum Gasteiger partial charge on any atom is -0.373 e. The fourth-order valence-corrected chi connectivity index (χ4v) is 3.07. The fraction of sp³-hybridized carbons (Fsp3) is 0.143. The highest BCUT2D eigenvalue weighted by Crippen LogP contribution is 2.25. The third-order valence-electron chi connectivity index (χ3n) is 3.01. The first-order valence-electron chi connectivity index (χ1n) is 6.12. The fourth-order valence-electron chi connectivity index (χ4n) is 1.84. The highest BCUT2D eigenvalue weighted by atomic mass is 32.2. The van der Waals surface area contributed by atoms with Crippen molar-refractivity contribution in [1.29, 1.82) is 5.26 Å². The molecule has 7 heteroatoms. The number of benzene rings is 1. The summed E-state index contributed by atoms with van der Waals surface area (Å²) >= 11 is 0. The number of anilines is 2. The number of nitriles is 1. The molecule has 0 amide bonds. The maximum absolute atomic E-state index is 12.6. The van der Waals surface area contributed by atoms with E-state index in [2.05, 4.69) is 10.3 Å². The van der Waals surface area contributed by atoms with Gasteiger partial charge in [-0.15, -0.1) is 0 Å². The molecule has 0 spiro atoms. The van der Waals surface area contributed by atoms with Crippen molar-refractivity contribution in [3.05, 3.63) is 48.2 Å². The van der Waals surface area contributed by atoms with Crippen LogP contribution in [-0.2, 0) is 10.0 Å². The van der Waals surface area contributed by atoms with Gasteiger partial charge in [0, 0.05) is 26.4 Å². The molecule has 0 atom stereocenters. The Labute approximate surface area is 123 Å². The lowest BCUT2D eigenvalue weighted by Crippen LogP contribution is -2.27. The maximum Gasteiger partial charge on any atom is 0.264 e. The van der Waals surface area contributed by atoms with Gasteiger partial charge in [-0.25, -0.2) is 13.4 Å². The van der Waals surface area contributed by atoms with E-state index in [9.17, 15) is 8.42 Å². The van der Waals surface area contributed by atoms with Crippen LogP contribution < -0.4 is 9.62 Å². The van der Waals surface area contributed by atoms with Crippen LogP contribution in [0.15, 0.2) is 47.5 Å². The Balaban J connectivity index is 2.50. The minimum absolute atomic E-state index is 0.108. The van der Waals surface area contributed by atoms with Gasteiger partial charge in [0.15, 0.2) is 0 Å². The zero-order chi connectivity index (χ0) is 15.5. The number of aromatic nitrogens is 1. The van der Waals surface area contributed by atoms with Crippen LogP contribution in [0.2, 0.25) is 0 Å². The van der Waals surface area contributed by atoms with Crippen LogP contribution in [0.1, 0.15) is 5.56 Å². The lowest BCUT2D eigenvalue weighted by atomic mass is 10.2. The number of nitrogens with one attached hydrogen (secondary N) is 1.